The molecule has 0 radical (unpaired) electrons. The normalized spacial score (nSPS) is 10.5. The number of rotatable bonds is 12. The minimum Gasteiger partial charge on any atom is -0.492 e. The van der Waals surface area contributed by atoms with E-state index in [1.165, 1.54) is 0 Å². The van der Waals surface area contributed by atoms with Crippen LogP contribution in [0.1, 0.15) is 58.4 Å². The van der Waals surface area contributed by atoms with E-state index in [0.717, 1.165) is 30.5 Å². The Bertz CT molecular complexity index is 638. The molecule has 0 saturated heterocycles. The minimum absolute atomic E-state index is 0.173. The predicted molar refractivity (Wildman–Crippen MR) is 115 cm³/mol. The quantitative estimate of drug-likeness (QED) is 0.199. The summed E-state index contributed by atoms with van der Waals surface area (Å²) in [5.41, 5.74) is 1.93. The molecule has 0 aliphatic rings. The lowest BCUT2D eigenvalue weighted by Gasteiger charge is -2.17. The zero-order chi connectivity index (χ0) is 20.2. The van der Waals surface area contributed by atoms with Crippen molar-refractivity contribution in [3.8, 4) is 11.5 Å². The first kappa shape index (κ1) is 23.9. The molecule has 0 bridgehead atoms. The van der Waals surface area contributed by atoms with Crippen LogP contribution in [0.4, 0.5) is 0 Å². The molecule has 0 amide bonds. The van der Waals surface area contributed by atoms with Crippen LogP contribution in [0.5, 0.6) is 11.5 Å². The highest BCUT2D eigenvalue weighted by molar-refractivity contribution is 6.55. The standard InChI is InChI=1S/C20H28Cl3NO3/c1-14(2)17-12-16(25-11-8-19(22)23)13-18(21)20(17)26-9-6-5-7-10-27-24-15(3)4/h8,12-14H,5-7,9-11H2,1-4H3. The van der Waals surface area contributed by atoms with Gasteiger partial charge in [-0.1, -0.05) is 53.8 Å². The molecule has 0 N–H and O–H groups in total. The van der Waals surface area contributed by atoms with Crippen LogP contribution in [-0.2, 0) is 4.84 Å². The Balaban J connectivity index is 2.56. The molecule has 0 heterocycles. The lowest BCUT2D eigenvalue weighted by atomic mass is 10.0. The van der Waals surface area contributed by atoms with E-state index in [-0.39, 0.29) is 17.0 Å². The van der Waals surface area contributed by atoms with Gasteiger partial charge in [0.2, 0.25) is 0 Å². The molecule has 0 aliphatic carbocycles. The second-order valence-electron chi connectivity index (χ2n) is 6.56. The molecule has 7 heteroatoms. The molecule has 0 aromatic heterocycles. The number of benzene rings is 1. The van der Waals surface area contributed by atoms with Crippen LogP contribution in [-0.4, -0.2) is 25.5 Å². The Morgan fingerprint density at radius 2 is 1.78 bits per heavy atom. The molecular weight excluding hydrogens is 409 g/mol. The highest BCUT2D eigenvalue weighted by atomic mass is 35.5. The molecule has 1 aromatic rings. The maximum absolute atomic E-state index is 6.42. The highest BCUT2D eigenvalue weighted by Gasteiger charge is 2.15. The summed E-state index contributed by atoms with van der Waals surface area (Å²) in [7, 11) is 0. The average molecular weight is 437 g/mol. The van der Waals surface area contributed by atoms with Gasteiger partial charge in [-0.25, -0.2) is 0 Å². The van der Waals surface area contributed by atoms with E-state index >= 15 is 0 Å². The summed E-state index contributed by atoms with van der Waals surface area (Å²) in [6.07, 6.45) is 4.44. The van der Waals surface area contributed by atoms with Crippen molar-refractivity contribution in [2.45, 2.75) is 52.9 Å². The molecule has 4 nitrogen and oxygen atoms in total. The second kappa shape index (κ2) is 13.1. The second-order valence-corrected chi connectivity index (χ2v) is 7.98. The van der Waals surface area contributed by atoms with Gasteiger partial charge in [-0.05, 0) is 51.2 Å². The summed E-state index contributed by atoms with van der Waals surface area (Å²) >= 11 is 17.6. The van der Waals surface area contributed by atoms with E-state index in [9.17, 15) is 0 Å². The van der Waals surface area contributed by atoms with Crippen LogP contribution < -0.4 is 9.47 Å². The molecule has 0 fully saturated rings. The maximum atomic E-state index is 6.42. The highest BCUT2D eigenvalue weighted by Crippen LogP contribution is 2.37. The first-order valence-electron chi connectivity index (χ1n) is 9.04. The van der Waals surface area contributed by atoms with Crippen molar-refractivity contribution >= 4 is 40.5 Å². The van der Waals surface area contributed by atoms with Crippen LogP contribution in [0.25, 0.3) is 0 Å². The van der Waals surface area contributed by atoms with Crippen molar-refractivity contribution in [3.63, 3.8) is 0 Å². The molecule has 152 valence electrons. The van der Waals surface area contributed by atoms with Gasteiger partial charge in [0.15, 0.2) is 0 Å². The number of ether oxygens (including phenoxy) is 2. The number of hydrogen-bond acceptors (Lipinski definition) is 4. The summed E-state index contributed by atoms with van der Waals surface area (Å²) in [5.74, 6) is 1.62. The van der Waals surface area contributed by atoms with Gasteiger partial charge in [-0.3, -0.25) is 0 Å². The van der Waals surface area contributed by atoms with E-state index in [1.54, 1.807) is 12.1 Å². The Labute approximate surface area is 177 Å². The molecule has 0 saturated carbocycles. The van der Waals surface area contributed by atoms with Crippen molar-refractivity contribution in [2.24, 2.45) is 5.16 Å². The Morgan fingerprint density at radius 1 is 1.07 bits per heavy atom. The number of nitrogens with zero attached hydrogens (tertiary/aromatic N) is 1. The van der Waals surface area contributed by atoms with Crippen molar-refractivity contribution in [1.29, 1.82) is 0 Å². The van der Waals surface area contributed by atoms with Crippen molar-refractivity contribution < 1.29 is 14.3 Å². The molecule has 0 unspecified atom stereocenters. The van der Waals surface area contributed by atoms with E-state index in [2.05, 4.69) is 19.0 Å². The Hall–Kier alpha value is -1.10. The molecule has 1 aromatic carbocycles. The van der Waals surface area contributed by atoms with Gasteiger partial charge in [0.25, 0.3) is 0 Å². The zero-order valence-corrected chi connectivity index (χ0v) is 18.6. The zero-order valence-electron chi connectivity index (χ0n) is 16.4. The van der Waals surface area contributed by atoms with Crippen LogP contribution in [0.3, 0.4) is 0 Å². The van der Waals surface area contributed by atoms with Gasteiger partial charge in [-0.15, -0.1) is 0 Å². The first-order valence-corrected chi connectivity index (χ1v) is 10.2. The molecule has 0 atom stereocenters. The fourth-order valence-corrected chi connectivity index (χ4v) is 2.65. The third-order valence-corrected chi connectivity index (χ3v) is 4.12. The summed E-state index contributed by atoms with van der Waals surface area (Å²) in [4.78, 5) is 5.18. The van der Waals surface area contributed by atoms with E-state index in [4.69, 9.17) is 49.1 Å². The topological polar surface area (TPSA) is 40.0 Å². The fraction of sp³-hybridized carbons (Fsp3) is 0.550. The number of hydrogen-bond donors (Lipinski definition) is 0. The van der Waals surface area contributed by atoms with Crippen molar-refractivity contribution in [3.05, 3.63) is 33.3 Å². The van der Waals surface area contributed by atoms with Gasteiger partial charge in [-0.2, -0.15) is 0 Å². The monoisotopic (exact) mass is 435 g/mol. The van der Waals surface area contributed by atoms with Crippen LogP contribution in [0.2, 0.25) is 5.02 Å². The van der Waals surface area contributed by atoms with Gasteiger partial charge in [0, 0.05) is 11.6 Å². The number of halogens is 3. The van der Waals surface area contributed by atoms with Crippen LogP contribution in [0, 0.1) is 0 Å². The minimum atomic E-state index is 0.173. The lowest BCUT2D eigenvalue weighted by molar-refractivity contribution is 0.138. The van der Waals surface area contributed by atoms with Gasteiger partial charge in [0.1, 0.15) is 29.2 Å². The number of oxime groups is 1. The fourth-order valence-electron chi connectivity index (χ4n) is 2.25. The molecule has 0 spiro atoms. The lowest BCUT2D eigenvalue weighted by Crippen LogP contribution is -2.04. The molecule has 1 rings (SSSR count). The summed E-state index contributed by atoms with van der Waals surface area (Å²) in [6, 6.07) is 3.69. The summed E-state index contributed by atoms with van der Waals surface area (Å²) in [5, 5.41) is 4.44. The van der Waals surface area contributed by atoms with Gasteiger partial charge < -0.3 is 14.3 Å². The smallest absolute Gasteiger partial charge is 0.141 e. The van der Waals surface area contributed by atoms with E-state index in [1.807, 2.05) is 19.9 Å². The third kappa shape index (κ3) is 10.1. The SMILES string of the molecule is CC(C)=NOCCCCCOc1c(Cl)cc(OCC=C(Cl)Cl)cc1C(C)C. The Kier molecular flexibility index (Phi) is 11.7. The molecular formula is C20H28Cl3NO3. The summed E-state index contributed by atoms with van der Waals surface area (Å²) < 4.78 is 11.8. The molecule has 0 aliphatic heterocycles. The molecule has 27 heavy (non-hydrogen) atoms. The van der Waals surface area contributed by atoms with E-state index < -0.39 is 0 Å². The van der Waals surface area contributed by atoms with Crippen molar-refractivity contribution in [2.75, 3.05) is 19.8 Å². The number of unbranched alkanes of at least 4 members (excludes halogenated alkanes) is 2. The van der Waals surface area contributed by atoms with Gasteiger partial charge >= 0.3 is 0 Å². The maximum Gasteiger partial charge on any atom is 0.141 e. The average Bonchev–Trinajstić information content (AvgIpc) is 2.57. The van der Waals surface area contributed by atoms with Crippen LogP contribution in [0.15, 0.2) is 27.9 Å². The Morgan fingerprint density at radius 3 is 2.41 bits per heavy atom. The predicted octanol–water partition coefficient (Wildman–Crippen LogP) is 7.12. The largest absolute Gasteiger partial charge is 0.492 e. The first-order chi connectivity index (χ1) is 12.8. The third-order valence-electron chi connectivity index (χ3n) is 3.53. The van der Waals surface area contributed by atoms with Gasteiger partial charge in [0.05, 0.1) is 17.3 Å². The summed E-state index contributed by atoms with van der Waals surface area (Å²) in [6.45, 7) is 9.49. The van der Waals surface area contributed by atoms with E-state index in [0.29, 0.717) is 29.7 Å². The van der Waals surface area contributed by atoms with Crippen LogP contribution >= 0.6 is 34.8 Å². The van der Waals surface area contributed by atoms with Crippen molar-refractivity contribution in [1.82, 2.24) is 0 Å².